The predicted molar refractivity (Wildman–Crippen MR) is 78.2 cm³/mol. The van der Waals surface area contributed by atoms with Gasteiger partial charge in [0.15, 0.2) is 0 Å². The number of rotatable bonds is 1. The molecule has 1 aromatic carbocycles. The first-order chi connectivity index (χ1) is 7.43. The van der Waals surface area contributed by atoms with Crippen molar-refractivity contribution in [2.45, 2.75) is 6.42 Å². The summed E-state index contributed by atoms with van der Waals surface area (Å²) in [6.07, 6.45) is 1.18. The van der Waals surface area contributed by atoms with E-state index in [0.717, 1.165) is 32.7 Å². The molecule has 5 heteroatoms. The van der Waals surface area contributed by atoms with Crippen LogP contribution in [0.2, 0.25) is 0 Å². The van der Waals surface area contributed by atoms with Gasteiger partial charge in [0.25, 0.3) is 0 Å². The Morgan fingerprint density at radius 3 is 2.53 bits per heavy atom. The molecule has 96 valence electrons. The van der Waals surface area contributed by atoms with Crippen LogP contribution in [0.4, 0.5) is 11.4 Å². The summed E-state index contributed by atoms with van der Waals surface area (Å²) < 4.78 is 0. The van der Waals surface area contributed by atoms with E-state index in [1.165, 1.54) is 23.4 Å². The lowest BCUT2D eigenvalue weighted by atomic mass is 10.1. The van der Waals surface area contributed by atoms with Crippen LogP contribution in [0, 0.1) is 0 Å². The van der Waals surface area contributed by atoms with Crippen molar-refractivity contribution in [2.75, 3.05) is 42.9 Å². The van der Waals surface area contributed by atoms with E-state index in [2.05, 4.69) is 33.7 Å². The standard InChI is InChI=1S/C12H17N3.2ClH/c1-2-11(15-7-5-13-6-8-15)9-12-10(1)3-4-14-12;;/h1-2,9,13-14H,3-8H2;2*1H. The fourth-order valence-corrected chi connectivity index (χ4v) is 2.40. The van der Waals surface area contributed by atoms with Crippen LogP contribution >= 0.6 is 24.8 Å². The van der Waals surface area contributed by atoms with Crippen LogP contribution in [0.15, 0.2) is 18.2 Å². The van der Waals surface area contributed by atoms with Crippen LogP contribution in [0.25, 0.3) is 0 Å². The van der Waals surface area contributed by atoms with Crippen molar-refractivity contribution in [3.05, 3.63) is 23.8 Å². The van der Waals surface area contributed by atoms with Gasteiger partial charge in [-0.1, -0.05) is 6.07 Å². The van der Waals surface area contributed by atoms with Gasteiger partial charge in [0.05, 0.1) is 0 Å². The first kappa shape index (κ1) is 14.4. The molecule has 1 aromatic rings. The van der Waals surface area contributed by atoms with Gasteiger partial charge in [0.1, 0.15) is 0 Å². The fourth-order valence-electron chi connectivity index (χ4n) is 2.40. The van der Waals surface area contributed by atoms with Crippen LogP contribution in [0.5, 0.6) is 0 Å². The highest BCUT2D eigenvalue weighted by Gasteiger charge is 2.14. The summed E-state index contributed by atoms with van der Waals surface area (Å²) in [5.41, 5.74) is 4.17. The van der Waals surface area contributed by atoms with E-state index in [9.17, 15) is 0 Å². The van der Waals surface area contributed by atoms with Crippen molar-refractivity contribution < 1.29 is 0 Å². The number of piperazine rings is 1. The number of halogens is 2. The summed E-state index contributed by atoms with van der Waals surface area (Å²) in [5.74, 6) is 0. The first-order valence-corrected chi connectivity index (χ1v) is 5.76. The van der Waals surface area contributed by atoms with E-state index in [4.69, 9.17) is 0 Å². The molecule has 1 fully saturated rings. The molecule has 2 N–H and O–H groups in total. The minimum Gasteiger partial charge on any atom is -0.384 e. The second-order valence-electron chi connectivity index (χ2n) is 4.26. The Morgan fingerprint density at radius 2 is 1.76 bits per heavy atom. The number of anilines is 2. The summed E-state index contributed by atoms with van der Waals surface area (Å²) in [6.45, 7) is 5.55. The number of nitrogens with one attached hydrogen (secondary N) is 2. The number of benzene rings is 1. The minimum atomic E-state index is 0. The number of hydrogen-bond donors (Lipinski definition) is 2. The molecule has 0 radical (unpaired) electrons. The fraction of sp³-hybridized carbons (Fsp3) is 0.500. The van der Waals surface area contributed by atoms with Crippen LogP contribution in [-0.4, -0.2) is 32.7 Å². The van der Waals surface area contributed by atoms with E-state index in [-0.39, 0.29) is 24.8 Å². The highest BCUT2D eigenvalue weighted by Crippen LogP contribution is 2.27. The van der Waals surface area contributed by atoms with Crippen molar-refractivity contribution in [3.8, 4) is 0 Å². The SMILES string of the molecule is Cl.Cl.c1cc2c(cc1N1CCNCC1)NCC2. The zero-order chi connectivity index (χ0) is 10.1. The van der Waals surface area contributed by atoms with E-state index >= 15 is 0 Å². The summed E-state index contributed by atoms with van der Waals surface area (Å²) in [5, 5.41) is 6.82. The third-order valence-corrected chi connectivity index (χ3v) is 3.29. The quantitative estimate of drug-likeness (QED) is 0.820. The summed E-state index contributed by atoms with van der Waals surface area (Å²) in [4.78, 5) is 2.46. The van der Waals surface area contributed by atoms with Gasteiger partial charge in [-0.2, -0.15) is 0 Å². The zero-order valence-corrected chi connectivity index (χ0v) is 11.4. The molecule has 0 spiro atoms. The molecular weight excluding hydrogens is 257 g/mol. The Morgan fingerprint density at radius 1 is 1.00 bits per heavy atom. The van der Waals surface area contributed by atoms with Gasteiger partial charge in [-0.25, -0.2) is 0 Å². The Kier molecular flexibility index (Phi) is 5.37. The molecule has 0 saturated carbocycles. The van der Waals surface area contributed by atoms with Crippen LogP contribution in [0.1, 0.15) is 5.56 Å². The second kappa shape index (κ2) is 6.34. The zero-order valence-electron chi connectivity index (χ0n) is 9.74. The third kappa shape index (κ3) is 2.97. The average Bonchev–Trinajstić information content (AvgIpc) is 2.77. The van der Waals surface area contributed by atoms with Crippen molar-refractivity contribution in [1.29, 1.82) is 0 Å². The van der Waals surface area contributed by atoms with Crippen molar-refractivity contribution in [1.82, 2.24) is 5.32 Å². The Balaban J connectivity index is 0.000000722. The van der Waals surface area contributed by atoms with Gasteiger partial charge in [-0.3, -0.25) is 0 Å². The molecule has 1 saturated heterocycles. The number of nitrogens with zero attached hydrogens (tertiary/aromatic N) is 1. The largest absolute Gasteiger partial charge is 0.384 e. The molecule has 2 aliphatic heterocycles. The maximum Gasteiger partial charge on any atom is 0.0394 e. The molecule has 0 atom stereocenters. The van der Waals surface area contributed by atoms with Crippen molar-refractivity contribution in [3.63, 3.8) is 0 Å². The maximum atomic E-state index is 3.44. The monoisotopic (exact) mass is 275 g/mol. The van der Waals surface area contributed by atoms with Gasteiger partial charge in [-0.15, -0.1) is 24.8 Å². The van der Waals surface area contributed by atoms with Crippen LogP contribution in [0.3, 0.4) is 0 Å². The van der Waals surface area contributed by atoms with E-state index in [1.807, 2.05) is 0 Å². The first-order valence-electron chi connectivity index (χ1n) is 5.76. The van der Waals surface area contributed by atoms with Gasteiger partial charge in [0.2, 0.25) is 0 Å². The lowest BCUT2D eigenvalue weighted by molar-refractivity contribution is 0.589. The smallest absolute Gasteiger partial charge is 0.0394 e. The van der Waals surface area contributed by atoms with E-state index in [1.54, 1.807) is 0 Å². The van der Waals surface area contributed by atoms with Crippen LogP contribution in [-0.2, 0) is 6.42 Å². The lowest BCUT2D eigenvalue weighted by Crippen LogP contribution is -2.43. The highest BCUT2D eigenvalue weighted by molar-refractivity contribution is 5.85. The van der Waals surface area contributed by atoms with Crippen LogP contribution < -0.4 is 15.5 Å². The van der Waals surface area contributed by atoms with E-state index in [0.29, 0.717) is 0 Å². The molecule has 0 aromatic heterocycles. The predicted octanol–water partition coefficient (Wildman–Crippen LogP) is 1.91. The second-order valence-corrected chi connectivity index (χ2v) is 4.26. The van der Waals surface area contributed by atoms with Gasteiger partial charge >= 0.3 is 0 Å². The van der Waals surface area contributed by atoms with Gasteiger partial charge in [0, 0.05) is 44.1 Å². The molecule has 3 rings (SSSR count). The Bertz CT molecular complexity index is 365. The molecule has 0 unspecified atom stereocenters. The molecular formula is C12H19Cl2N3. The highest BCUT2D eigenvalue weighted by atomic mass is 35.5. The number of fused-ring (bicyclic) bond motifs is 1. The molecule has 0 amide bonds. The molecule has 2 heterocycles. The Labute approximate surface area is 115 Å². The lowest BCUT2D eigenvalue weighted by Gasteiger charge is -2.29. The summed E-state index contributed by atoms with van der Waals surface area (Å²) in [7, 11) is 0. The average molecular weight is 276 g/mol. The topological polar surface area (TPSA) is 27.3 Å². The van der Waals surface area contributed by atoms with E-state index < -0.39 is 0 Å². The summed E-state index contributed by atoms with van der Waals surface area (Å²) in [6, 6.07) is 6.83. The van der Waals surface area contributed by atoms with Gasteiger partial charge in [-0.05, 0) is 24.1 Å². The minimum absolute atomic E-state index is 0. The molecule has 3 nitrogen and oxygen atoms in total. The Hall–Kier alpha value is -0.640. The summed E-state index contributed by atoms with van der Waals surface area (Å²) >= 11 is 0. The molecule has 2 aliphatic rings. The molecule has 0 aliphatic carbocycles. The number of hydrogen-bond acceptors (Lipinski definition) is 3. The third-order valence-electron chi connectivity index (χ3n) is 3.29. The maximum absolute atomic E-state index is 3.44. The van der Waals surface area contributed by atoms with Crippen molar-refractivity contribution in [2.24, 2.45) is 0 Å². The van der Waals surface area contributed by atoms with Gasteiger partial charge < -0.3 is 15.5 Å². The molecule has 17 heavy (non-hydrogen) atoms. The normalized spacial score (nSPS) is 17.5. The van der Waals surface area contributed by atoms with Crippen molar-refractivity contribution >= 4 is 36.2 Å². The molecule has 0 bridgehead atoms.